The minimum absolute atomic E-state index is 0.00440. The van der Waals surface area contributed by atoms with Gasteiger partial charge in [-0.3, -0.25) is 4.79 Å². The smallest absolute Gasteiger partial charge is 0.258 e. The van der Waals surface area contributed by atoms with Crippen LogP contribution in [0.2, 0.25) is 0 Å². The fraction of sp³-hybridized carbons (Fsp3) is 0.364. The molecule has 1 aliphatic rings. The predicted octanol–water partition coefficient (Wildman–Crippen LogP) is 2.17. The van der Waals surface area contributed by atoms with Gasteiger partial charge < -0.3 is 18.9 Å². The highest BCUT2D eigenvalue weighted by Gasteiger charge is 2.30. The van der Waals surface area contributed by atoms with Gasteiger partial charge in [0, 0.05) is 11.6 Å². The van der Waals surface area contributed by atoms with Crippen molar-refractivity contribution in [3.8, 4) is 23.0 Å². The Morgan fingerprint density at radius 2 is 1.87 bits per heavy atom. The molecular formula is C22H28N4O5. The third-order valence-electron chi connectivity index (χ3n) is 4.87. The number of nitrogens with zero attached hydrogens (tertiary/aromatic N) is 1. The van der Waals surface area contributed by atoms with Gasteiger partial charge in [0.1, 0.15) is 11.8 Å². The van der Waals surface area contributed by atoms with E-state index >= 15 is 0 Å². The maximum absolute atomic E-state index is 12.5. The van der Waals surface area contributed by atoms with Crippen LogP contribution in [-0.2, 0) is 4.79 Å². The van der Waals surface area contributed by atoms with Crippen molar-refractivity contribution in [2.45, 2.75) is 25.4 Å². The number of hydrogen-bond donors (Lipinski definition) is 3. The van der Waals surface area contributed by atoms with Crippen LogP contribution >= 0.6 is 0 Å². The summed E-state index contributed by atoms with van der Waals surface area (Å²) in [5, 5.41) is 4.06. The molecule has 2 atom stereocenters. The molecule has 2 aromatic carbocycles. The van der Waals surface area contributed by atoms with Gasteiger partial charge in [0.05, 0.1) is 34.2 Å². The van der Waals surface area contributed by atoms with Crippen molar-refractivity contribution in [2.24, 2.45) is 5.10 Å². The third kappa shape index (κ3) is 5.44. The second-order valence-corrected chi connectivity index (χ2v) is 6.83. The summed E-state index contributed by atoms with van der Waals surface area (Å²) in [6.45, 7) is 2.55. The van der Waals surface area contributed by atoms with Gasteiger partial charge in [0.15, 0.2) is 11.5 Å². The van der Waals surface area contributed by atoms with Gasteiger partial charge in [0.2, 0.25) is 5.75 Å². The number of methoxy groups -OCH3 is 3. The summed E-state index contributed by atoms with van der Waals surface area (Å²) in [7, 11) is 4.62. The minimum Gasteiger partial charge on any atom is -0.494 e. The summed E-state index contributed by atoms with van der Waals surface area (Å²) < 4.78 is 21.5. The first-order chi connectivity index (χ1) is 15.1. The molecule has 3 N–H and O–H groups in total. The molecule has 0 bridgehead atoms. The van der Waals surface area contributed by atoms with Crippen LogP contribution in [0.25, 0.3) is 0 Å². The number of nitrogens with one attached hydrogen (secondary N) is 3. The topological polar surface area (TPSA) is 102 Å². The Balaban J connectivity index is 1.60. The van der Waals surface area contributed by atoms with Gasteiger partial charge in [-0.2, -0.15) is 5.10 Å². The van der Waals surface area contributed by atoms with E-state index in [0.29, 0.717) is 35.8 Å². The summed E-state index contributed by atoms with van der Waals surface area (Å²) in [4.78, 5) is 12.5. The lowest BCUT2D eigenvalue weighted by Crippen LogP contribution is -2.41. The molecule has 0 aliphatic carbocycles. The molecule has 0 radical (unpaired) electrons. The first-order valence-electron chi connectivity index (χ1n) is 9.96. The normalized spacial score (nSPS) is 18.1. The van der Waals surface area contributed by atoms with Crippen molar-refractivity contribution in [3.05, 3.63) is 47.5 Å². The lowest BCUT2D eigenvalue weighted by atomic mass is 10.0. The zero-order chi connectivity index (χ0) is 22.2. The minimum atomic E-state index is -0.419. The van der Waals surface area contributed by atoms with Crippen LogP contribution in [0.4, 0.5) is 0 Å². The molecule has 0 aromatic heterocycles. The van der Waals surface area contributed by atoms with Crippen LogP contribution < -0.4 is 35.2 Å². The molecule has 1 heterocycles. The summed E-state index contributed by atoms with van der Waals surface area (Å²) in [5.41, 5.74) is 10.5. The van der Waals surface area contributed by atoms with E-state index in [1.807, 2.05) is 31.2 Å². The van der Waals surface area contributed by atoms with E-state index in [9.17, 15) is 4.79 Å². The van der Waals surface area contributed by atoms with Crippen LogP contribution in [0.1, 0.15) is 30.5 Å². The number of carbonyl (C=O) groups is 1. The Kier molecular flexibility index (Phi) is 7.69. The number of hydrazone groups is 1. The predicted molar refractivity (Wildman–Crippen MR) is 117 cm³/mol. The number of amides is 1. The molecule has 2 aromatic rings. The van der Waals surface area contributed by atoms with Crippen LogP contribution in [0.15, 0.2) is 41.5 Å². The standard InChI is InChI=1S/C22H28N4O5/c1-5-31-16-8-6-7-15(11-16)17-12-18(25-24-17)22(27)26-23-13-14-9-19(28-2)21(30-4)20(10-14)29-3/h6-11,13,17-18,24-25H,5,12H2,1-4H3,(H,26,27)/b23-13+. The number of rotatable bonds is 9. The largest absolute Gasteiger partial charge is 0.494 e. The summed E-state index contributed by atoms with van der Waals surface area (Å²) >= 11 is 0. The molecule has 1 aliphatic heterocycles. The van der Waals surface area contributed by atoms with E-state index in [-0.39, 0.29) is 11.9 Å². The Bertz CT molecular complexity index is 909. The molecule has 0 saturated carbocycles. The second kappa shape index (κ2) is 10.6. The van der Waals surface area contributed by atoms with Crippen molar-refractivity contribution in [1.29, 1.82) is 0 Å². The van der Waals surface area contributed by atoms with Gasteiger partial charge in [-0.25, -0.2) is 16.3 Å². The van der Waals surface area contributed by atoms with E-state index in [2.05, 4.69) is 21.4 Å². The van der Waals surface area contributed by atoms with Crippen molar-refractivity contribution >= 4 is 12.1 Å². The van der Waals surface area contributed by atoms with Crippen LogP contribution in [0.5, 0.6) is 23.0 Å². The molecule has 9 heteroatoms. The first kappa shape index (κ1) is 22.4. The fourth-order valence-electron chi connectivity index (χ4n) is 3.36. The molecule has 9 nitrogen and oxygen atoms in total. The summed E-state index contributed by atoms with van der Waals surface area (Å²) in [6.07, 6.45) is 2.11. The van der Waals surface area contributed by atoms with E-state index in [4.69, 9.17) is 18.9 Å². The van der Waals surface area contributed by atoms with Crippen molar-refractivity contribution in [1.82, 2.24) is 16.3 Å². The molecule has 1 fully saturated rings. The molecule has 1 amide bonds. The molecule has 0 spiro atoms. The number of carbonyl (C=O) groups excluding carboxylic acids is 1. The van der Waals surface area contributed by atoms with Crippen LogP contribution in [-0.4, -0.2) is 46.1 Å². The maximum Gasteiger partial charge on any atom is 0.258 e. The van der Waals surface area contributed by atoms with Crippen molar-refractivity contribution in [3.63, 3.8) is 0 Å². The SMILES string of the molecule is CCOc1cccc(C2CC(C(=O)N/N=C/c3cc(OC)c(OC)c(OC)c3)NN2)c1. The quantitative estimate of drug-likeness (QED) is 0.416. The Morgan fingerprint density at radius 1 is 1.13 bits per heavy atom. The zero-order valence-electron chi connectivity index (χ0n) is 18.1. The van der Waals surface area contributed by atoms with E-state index in [0.717, 1.165) is 11.3 Å². The monoisotopic (exact) mass is 428 g/mol. The van der Waals surface area contributed by atoms with Crippen LogP contribution in [0, 0.1) is 0 Å². The number of benzene rings is 2. The molecule has 31 heavy (non-hydrogen) atoms. The molecule has 1 saturated heterocycles. The molecule has 2 unspecified atom stereocenters. The fourth-order valence-corrected chi connectivity index (χ4v) is 3.36. The first-order valence-corrected chi connectivity index (χ1v) is 9.96. The molecule has 166 valence electrons. The third-order valence-corrected chi connectivity index (χ3v) is 4.87. The maximum atomic E-state index is 12.5. The molecular weight excluding hydrogens is 400 g/mol. The highest BCUT2D eigenvalue weighted by Crippen LogP contribution is 2.37. The van der Waals surface area contributed by atoms with E-state index < -0.39 is 6.04 Å². The molecule has 3 rings (SSSR count). The number of hydrogen-bond acceptors (Lipinski definition) is 8. The second-order valence-electron chi connectivity index (χ2n) is 6.83. The van der Waals surface area contributed by atoms with Crippen LogP contribution in [0.3, 0.4) is 0 Å². The Labute approximate surface area is 181 Å². The highest BCUT2D eigenvalue weighted by atomic mass is 16.5. The summed E-state index contributed by atoms with van der Waals surface area (Å²) in [6, 6.07) is 10.9. The lowest BCUT2D eigenvalue weighted by Gasteiger charge is -2.12. The summed E-state index contributed by atoms with van der Waals surface area (Å²) in [5.74, 6) is 2.08. The van der Waals surface area contributed by atoms with Crippen molar-refractivity contribution < 1.29 is 23.7 Å². The van der Waals surface area contributed by atoms with Crippen molar-refractivity contribution in [2.75, 3.05) is 27.9 Å². The van der Waals surface area contributed by atoms with Gasteiger partial charge in [-0.1, -0.05) is 12.1 Å². The van der Waals surface area contributed by atoms with Gasteiger partial charge in [0.25, 0.3) is 5.91 Å². The highest BCUT2D eigenvalue weighted by molar-refractivity contribution is 5.86. The van der Waals surface area contributed by atoms with E-state index in [1.165, 1.54) is 13.3 Å². The average Bonchev–Trinajstić information content (AvgIpc) is 3.29. The number of ether oxygens (including phenoxy) is 4. The lowest BCUT2D eigenvalue weighted by molar-refractivity contribution is -0.122. The van der Waals surface area contributed by atoms with Gasteiger partial charge in [-0.15, -0.1) is 0 Å². The van der Waals surface area contributed by atoms with Gasteiger partial charge in [-0.05, 0) is 43.2 Å². The Hall–Kier alpha value is -3.30. The Morgan fingerprint density at radius 3 is 2.52 bits per heavy atom. The van der Waals surface area contributed by atoms with E-state index in [1.54, 1.807) is 26.4 Å². The van der Waals surface area contributed by atoms with Gasteiger partial charge >= 0.3 is 0 Å². The zero-order valence-corrected chi connectivity index (χ0v) is 18.1. The average molecular weight is 428 g/mol. The number of hydrazine groups is 1.